The van der Waals surface area contributed by atoms with E-state index >= 15 is 0 Å². The zero-order valence-electron chi connectivity index (χ0n) is 24.2. The van der Waals surface area contributed by atoms with E-state index in [0.29, 0.717) is 57.6 Å². The molecular weight excluding hydrogens is 492 g/mol. The van der Waals surface area contributed by atoms with Crippen LogP contribution in [-0.4, -0.2) is 111 Å². The predicted molar refractivity (Wildman–Crippen MR) is 161 cm³/mol. The van der Waals surface area contributed by atoms with Crippen molar-refractivity contribution in [3.8, 4) is 0 Å². The van der Waals surface area contributed by atoms with Gasteiger partial charge < -0.3 is 35.5 Å². The highest BCUT2D eigenvalue weighted by atomic mass is 16.5. The zero-order valence-corrected chi connectivity index (χ0v) is 24.2. The Hall–Kier alpha value is -3.40. The van der Waals surface area contributed by atoms with Crippen LogP contribution in [0.2, 0.25) is 0 Å². The third-order valence-electron chi connectivity index (χ3n) is 7.64. The molecule has 0 bridgehead atoms. The molecule has 2 aliphatic heterocycles. The van der Waals surface area contributed by atoms with Crippen LogP contribution >= 0.6 is 0 Å². The van der Waals surface area contributed by atoms with E-state index in [2.05, 4.69) is 49.0 Å². The maximum absolute atomic E-state index is 12.1. The molecule has 2 heterocycles. The number of nitrogens with zero attached hydrogens (tertiary/aromatic N) is 6. The number of benzene rings is 1. The topological polar surface area (TPSA) is 114 Å². The summed E-state index contributed by atoms with van der Waals surface area (Å²) in [6.07, 6.45) is 3.59. The number of nitrogens with one attached hydrogen (secondary N) is 1. The van der Waals surface area contributed by atoms with Crippen LogP contribution in [0.5, 0.6) is 0 Å². The molecule has 0 radical (unpaired) electrons. The summed E-state index contributed by atoms with van der Waals surface area (Å²) in [5, 5.41) is 8.01. The molecule has 1 aromatic rings. The van der Waals surface area contributed by atoms with Gasteiger partial charge in [0.25, 0.3) is 0 Å². The number of amides is 1. The summed E-state index contributed by atoms with van der Waals surface area (Å²) in [6, 6.07) is 4.29. The average Bonchev–Trinajstić information content (AvgIpc) is 2.95. The number of ether oxygens (including phenoxy) is 1. The van der Waals surface area contributed by atoms with Crippen LogP contribution in [0.3, 0.4) is 0 Å². The maximum Gasteiger partial charge on any atom is 0.313 e. The number of anilines is 2. The van der Waals surface area contributed by atoms with Crippen molar-refractivity contribution in [2.45, 2.75) is 34.1 Å². The smallest absolute Gasteiger partial charge is 0.313 e. The van der Waals surface area contributed by atoms with E-state index in [9.17, 15) is 4.79 Å². The number of amidine groups is 2. The number of carbonyl (C=O) groups is 1. The van der Waals surface area contributed by atoms with Gasteiger partial charge in [0.05, 0.1) is 12.2 Å². The van der Waals surface area contributed by atoms with Crippen LogP contribution in [0.1, 0.15) is 38.3 Å². The van der Waals surface area contributed by atoms with Crippen LogP contribution in [0.15, 0.2) is 34.8 Å². The van der Waals surface area contributed by atoms with E-state index in [4.69, 9.17) is 25.9 Å². The summed E-state index contributed by atoms with van der Waals surface area (Å²) < 4.78 is 6.17. The third kappa shape index (κ3) is 7.81. The fraction of sp³-hybridized carbons (Fsp3) is 0.586. The molecule has 1 fully saturated rings. The maximum atomic E-state index is 12.1. The molecule has 3 rings (SSSR count). The molecule has 1 atom stereocenters. The first kappa shape index (κ1) is 30.1. The molecule has 10 nitrogen and oxygen atoms in total. The number of nitrogens with two attached hydrogens (primary N) is 1. The van der Waals surface area contributed by atoms with Crippen molar-refractivity contribution in [3.05, 3.63) is 35.9 Å². The van der Waals surface area contributed by atoms with Crippen molar-refractivity contribution in [2.75, 3.05) is 82.7 Å². The Kier molecular flexibility index (Phi) is 11.3. The minimum atomic E-state index is -0.0345. The SMILES string of the molecule is C=CC(=O)N1CCN(C2=NC(OCCN(CC)CC)=NCCN(c3c(C)ccc(N)c3C=N)CCC2C)CC1. The van der Waals surface area contributed by atoms with Gasteiger partial charge >= 0.3 is 6.02 Å². The van der Waals surface area contributed by atoms with Crippen molar-refractivity contribution in [1.82, 2.24) is 14.7 Å². The van der Waals surface area contributed by atoms with Gasteiger partial charge in [0.1, 0.15) is 12.4 Å². The lowest BCUT2D eigenvalue weighted by molar-refractivity contribution is -0.127. The van der Waals surface area contributed by atoms with E-state index in [-0.39, 0.29) is 11.8 Å². The fourth-order valence-corrected chi connectivity index (χ4v) is 5.18. The molecule has 1 unspecified atom stereocenters. The highest BCUT2D eigenvalue weighted by Gasteiger charge is 2.27. The second kappa shape index (κ2) is 14.7. The summed E-state index contributed by atoms with van der Waals surface area (Å²) >= 11 is 0. The number of piperazine rings is 1. The number of hydrogen-bond acceptors (Lipinski definition) is 9. The number of carbonyl (C=O) groups excluding carboxylic acids is 1. The van der Waals surface area contributed by atoms with Crippen molar-refractivity contribution in [2.24, 2.45) is 15.9 Å². The lowest BCUT2D eigenvalue weighted by Gasteiger charge is -2.38. The Balaban J connectivity index is 1.88. The van der Waals surface area contributed by atoms with E-state index in [1.165, 1.54) is 12.3 Å². The summed E-state index contributed by atoms with van der Waals surface area (Å²) in [5.41, 5.74) is 9.69. The molecule has 2 aliphatic rings. The van der Waals surface area contributed by atoms with Gasteiger partial charge in [-0.2, -0.15) is 4.99 Å². The highest BCUT2D eigenvalue weighted by molar-refractivity contribution is 5.96. The van der Waals surface area contributed by atoms with Gasteiger partial charge in [-0.15, -0.1) is 0 Å². The average molecular weight is 539 g/mol. The van der Waals surface area contributed by atoms with Crippen LogP contribution in [0, 0.1) is 18.3 Å². The van der Waals surface area contributed by atoms with Gasteiger partial charge in [0.15, 0.2) is 0 Å². The number of nitrogen functional groups attached to an aromatic ring is 1. The summed E-state index contributed by atoms with van der Waals surface area (Å²) in [6.45, 7) is 20.1. The summed E-state index contributed by atoms with van der Waals surface area (Å²) in [7, 11) is 0. The Bertz CT molecular complexity index is 1060. The van der Waals surface area contributed by atoms with Gasteiger partial charge in [-0.25, -0.2) is 4.99 Å². The molecule has 1 saturated heterocycles. The van der Waals surface area contributed by atoms with Gasteiger partial charge in [-0.05, 0) is 44.1 Å². The molecule has 10 heteroatoms. The molecule has 0 aromatic heterocycles. The molecule has 0 spiro atoms. The second-order valence-corrected chi connectivity index (χ2v) is 10.1. The van der Waals surface area contributed by atoms with E-state index < -0.39 is 0 Å². The van der Waals surface area contributed by atoms with E-state index in [1.54, 1.807) is 0 Å². The Morgan fingerprint density at radius 2 is 1.90 bits per heavy atom. The molecule has 1 amide bonds. The number of aliphatic imine (C=N–C) groups is 2. The van der Waals surface area contributed by atoms with Gasteiger partial charge in [-0.3, -0.25) is 4.79 Å². The Labute approximate surface area is 233 Å². The van der Waals surface area contributed by atoms with E-state index in [1.807, 2.05) is 17.0 Å². The molecule has 0 aliphatic carbocycles. The number of hydrogen-bond donors (Lipinski definition) is 2. The third-order valence-corrected chi connectivity index (χ3v) is 7.64. The van der Waals surface area contributed by atoms with Crippen molar-refractivity contribution in [1.29, 1.82) is 5.41 Å². The zero-order chi connectivity index (χ0) is 28.4. The van der Waals surface area contributed by atoms with Crippen molar-refractivity contribution in [3.63, 3.8) is 0 Å². The van der Waals surface area contributed by atoms with Gasteiger partial charge in [-0.1, -0.05) is 33.4 Å². The van der Waals surface area contributed by atoms with Crippen molar-refractivity contribution < 1.29 is 9.53 Å². The van der Waals surface area contributed by atoms with Gasteiger partial charge in [0.2, 0.25) is 5.91 Å². The first-order valence-corrected chi connectivity index (χ1v) is 14.1. The standard InChI is InChI=1S/C29H46N8O2/c1-6-26(38)35-15-17-37(18-16-35)28-23(5)11-13-36(27-22(4)9-10-25(31)24(27)21-30)14-12-32-29(33-28)39-20-19-34(7-2)8-3/h6,9-10,21,23,30H,1,7-8,11-20,31H2,2-5H3. The first-order chi connectivity index (χ1) is 18.8. The molecule has 0 saturated carbocycles. The monoisotopic (exact) mass is 538 g/mol. The molecule has 1 aromatic carbocycles. The minimum absolute atomic E-state index is 0.0345. The van der Waals surface area contributed by atoms with Gasteiger partial charge in [0, 0.05) is 69.2 Å². The second-order valence-electron chi connectivity index (χ2n) is 10.1. The van der Waals surface area contributed by atoms with Crippen LogP contribution < -0.4 is 10.6 Å². The Morgan fingerprint density at radius 3 is 2.54 bits per heavy atom. The molecular formula is C29H46N8O2. The molecule has 214 valence electrons. The normalized spacial score (nSPS) is 18.9. The molecule has 3 N–H and O–H groups in total. The van der Waals surface area contributed by atoms with E-state index in [0.717, 1.165) is 55.2 Å². The minimum Gasteiger partial charge on any atom is -0.462 e. The number of likely N-dealkylation sites (N-methyl/N-ethyl adjacent to an activating group) is 1. The number of aryl methyl sites for hydroxylation is 1. The van der Waals surface area contributed by atoms with Crippen molar-refractivity contribution >= 4 is 35.4 Å². The predicted octanol–water partition coefficient (Wildman–Crippen LogP) is 2.86. The van der Waals surface area contributed by atoms with Crippen LogP contribution in [0.25, 0.3) is 0 Å². The first-order valence-electron chi connectivity index (χ1n) is 14.1. The lowest BCUT2D eigenvalue weighted by Crippen LogP contribution is -2.52. The highest BCUT2D eigenvalue weighted by Crippen LogP contribution is 2.29. The largest absolute Gasteiger partial charge is 0.462 e. The summed E-state index contributed by atoms with van der Waals surface area (Å²) in [4.78, 5) is 30.6. The van der Waals surface area contributed by atoms with Crippen LogP contribution in [0.4, 0.5) is 11.4 Å². The Morgan fingerprint density at radius 1 is 1.18 bits per heavy atom. The summed E-state index contributed by atoms with van der Waals surface area (Å²) in [5.74, 6) is 1.04. The fourth-order valence-electron chi connectivity index (χ4n) is 5.18. The van der Waals surface area contributed by atoms with Crippen LogP contribution in [-0.2, 0) is 9.53 Å². The number of rotatable bonds is 8. The molecule has 39 heavy (non-hydrogen) atoms. The lowest BCUT2D eigenvalue weighted by atomic mass is 10.0. The quantitative estimate of drug-likeness (QED) is 0.299.